The largest absolute Gasteiger partial charge is 0.460 e. The van der Waals surface area contributed by atoms with Gasteiger partial charge in [-0.2, -0.15) is 255 Å². The normalized spacial score (nSPS) is 17.6. The summed E-state index contributed by atoms with van der Waals surface area (Å²) in [5.74, 6) is -170. The lowest BCUT2D eigenvalue weighted by Crippen LogP contribution is -2.95. The molecule has 0 amide bonds. The molecule has 0 aromatic carbocycles. The molecule has 0 unspecified atom stereocenters. The predicted octanol–water partition coefficient (Wildman–Crippen LogP) is 19.0. The molecule has 0 saturated carbocycles. The lowest BCUT2D eigenvalue weighted by Gasteiger charge is -2.64. The molecule has 0 aliphatic rings. The third-order valence-electron chi connectivity index (χ3n) is 11.1. The van der Waals surface area contributed by atoms with E-state index in [1.165, 1.54) is 0 Å². The number of hydrogen-bond donors (Lipinski definition) is 0. The fraction of sp³-hybridized carbons (Fsp3) is 1.00. The van der Waals surface area contributed by atoms with E-state index in [0.717, 1.165) is 0 Å². The van der Waals surface area contributed by atoms with Crippen LogP contribution in [-0.4, -0.2) is 156 Å². The van der Waals surface area contributed by atoms with Crippen LogP contribution in [0.5, 0.6) is 0 Å². The molecule has 0 aromatic rings. The molecule has 0 rings (SSSR count). The highest BCUT2D eigenvalue weighted by Gasteiger charge is 3.15. The quantitative estimate of drug-likeness (QED) is 0.124. The lowest BCUT2D eigenvalue weighted by atomic mass is 9.52. The Morgan fingerprint density at radius 3 is 0.310 bits per heavy atom. The van der Waals surface area contributed by atoms with Crippen molar-refractivity contribution >= 4 is 0 Å². The Labute approximate surface area is 427 Å². The Balaban J connectivity index is 12.9. The van der Waals surface area contributed by atoms with Crippen molar-refractivity contribution in [3.05, 3.63) is 0 Å². The van der Waals surface area contributed by atoms with E-state index in [4.69, 9.17) is 0 Å². The van der Waals surface area contributed by atoms with Crippen molar-refractivity contribution in [3.63, 3.8) is 0 Å². The van der Waals surface area contributed by atoms with Gasteiger partial charge in [0.2, 0.25) is 10.8 Å². The second-order valence-electron chi connectivity index (χ2n) is 16.0. The van der Waals surface area contributed by atoms with Crippen LogP contribution in [0.1, 0.15) is 0 Å². The molecule has 59 heteroatoms. The third kappa shape index (κ3) is 9.40. The SMILES string of the molecule is FC(F)(F)C(F)(F)C(F)(F)C(F)(F)C(F)(F)C(F)(F)C(C(F)(F)C(F)(F)F)(C(F)(F)C(F)(F)F)C(OC(C(F)(F)F)(C(F)(F)F)C(C(F)(F)C(F)(F)F)(C(F)(F)C(F)(F)F)C(F)(F)C(F)(F)C(F)(F)C(F)(F)C(F)(F)C(F)(F)F)(C(F)(F)F)C(F)(F)F. The molecule has 0 N–H and O–H groups in total. The lowest BCUT2D eigenvalue weighted by molar-refractivity contribution is -0.609. The Morgan fingerprint density at radius 2 is 0.207 bits per heavy atom. The fourth-order valence-electron chi connectivity index (χ4n) is 7.16. The van der Waals surface area contributed by atoms with Crippen LogP contribution in [0.4, 0.5) is 255 Å². The topological polar surface area (TPSA) is 9.23 Å². The van der Waals surface area contributed by atoms with Gasteiger partial charge in [-0.15, -0.1) is 0 Å². The minimum Gasteiger partial charge on any atom is -0.332 e. The standard InChI is InChI=1S/C28F58O/c29-5(30,11(41,42)13(45,46)15(49,50)17(53,54)27(81,82)83)1(7(33,34)23(69,70)71,8(35,36)24(72,73)74)3(19(57,58)59,20(60,61)62)87-4(21(63,64)65,22(66,67)68)2(9(37,38)25(75,76)77,10(39,40)26(78,79)80)6(31,32)12(43,44)14(47,48)16(51,52)18(55,56)28(84,85)86. The van der Waals surface area contributed by atoms with Crippen molar-refractivity contribution in [3.8, 4) is 0 Å². The smallest absolute Gasteiger partial charge is 0.332 e. The van der Waals surface area contributed by atoms with Crippen molar-refractivity contribution in [1.29, 1.82) is 0 Å². The van der Waals surface area contributed by atoms with Crippen LogP contribution in [0.25, 0.3) is 0 Å². The Morgan fingerprint density at radius 1 is 0.103 bits per heavy atom. The van der Waals surface area contributed by atoms with E-state index >= 15 is 123 Å². The second kappa shape index (κ2) is 19.7. The number of ether oxygens (including phenoxy) is 1. The summed E-state index contributed by atoms with van der Waals surface area (Å²) in [6.07, 6.45) is -116. The van der Waals surface area contributed by atoms with E-state index < -0.39 is 171 Å². The summed E-state index contributed by atoms with van der Waals surface area (Å²) < 4.78 is 845. The van der Waals surface area contributed by atoms with Gasteiger partial charge < -0.3 is 4.74 Å². The van der Waals surface area contributed by atoms with Gasteiger partial charge in [0.25, 0.3) is 11.2 Å². The second-order valence-corrected chi connectivity index (χ2v) is 16.0. The molecule has 87 heavy (non-hydrogen) atoms. The molecule has 0 aliphatic carbocycles. The van der Waals surface area contributed by atoms with E-state index in [1.807, 2.05) is 0 Å². The zero-order valence-electron chi connectivity index (χ0n) is 36.3. The first-order valence-electron chi connectivity index (χ1n) is 17.9. The van der Waals surface area contributed by atoms with Gasteiger partial charge in [0.05, 0.1) is 0 Å². The zero-order chi connectivity index (χ0) is 72.7. The van der Waals surface area contributed by atoms with Gasteiger partial charge in [-0.05, 0) is 0 Å². The van der Waals surface area contributed by atoms with E-state index in [-0.39, 0.29) is 0 Å². The summed E-state index contributed by atoms with van der Waals surface area (Å²) in [5.41, 5.74) is -56.8. The molecule has 0 radical (unpaired) electrons. The first kappa shape index (κ1) is 82.9. The van der Waals surface area contributed by atoms with Gasteiger partial charge in [0.1, 0.15) is 0 Å². The molecule has 0 fully saturated rings. The highest BCUT2D eigenvalue weighted by Crippen LogP contribution is 2.85. The highest BCUT2D eigenvalue weighted by molar-refractivity contribution is 5.37. The van der Waals surface area contributed by atoms with E-state index in [2.05, 4.69) is 0 Å². The Bertz CT molecular complexity index is 2180. The van der Waals surface area contributed by atoms with Crippen LogP contribution < -0.4 is 0 Å². The highest BCUT2D eigenvalue weighted by atomic mass is 19.5. The van der Waals surface area contributed by atoms with E-state index in [0.29, 0.717) is 0 Å². The maximum atomic E-state index is 16.1. The van der Waals surface area contributed by atoms with Crippen molar-refractivity contribution < 1.29 is 259 Å². The number of halogens is 58. The summed E-state index contributed by atoms with van der Waals surface area (Å²) in [6.45, 7) is 0. The van der Waals surface area contributed by atoms with E-state index in [1.54, 1.807) is 0 Å². The van der Waals surface area contributed by atoms with Gasteiger partial charge in [0.15, 0.2) is 0 Å². The molecule has 524 valence electrons. The van der Waals surface area contributed by atoms with Crippen molar-refractivity contribution in [1.82, 2.24) is 0 Å². The van der Waals surface area contributed by atoms with Gasteiger partial charge in [-0.1, -0.05) is 0 Å². The van der Waals surface area contributed by atoms with Crippen LogP contribution in [0.15, 0.2) is 0 Å². The Hall–Kier alpha value is -4.10. The van der Waals surface area contributed by atoms with Gasteiger partial charge in [-0.25, -0.2) is 0 Å². The van der Waals surface area contributed by atoms with Crippen LogP contribution in [0.2, 0.25) is 0 Å². The Kier molecular flexibility index (Phi) is 18.8. The van der Waals surface area contributed by atoms with E-state index in [9.17, 15) is 132 Å². The number of alkyl halides is 58. The summed E-state index contributed by atoms with van der Waals surface area (Å²) in [7, 11) is 0. The van der Waals surface area contributed by atoms with Gasteiger partial charge in [-0.3, -0.25) is 0 Å². The maximum absolute atomic E-state index is 16.1. The molecular weight excluding hydrogens is 1450 g/mol. The first-order chi connectivity index (χ1) is 36.2. The molecule has 0 spiro atoms. The first-order valence-corrected chi connectivity index (χ1v) is 17.9. The molecule has 0 atom stereocenters. The zero-order valence-corrected chi connectivity index (χ0v) is 36.3. The minimum absolute atomic E-state index is 0.824. The van der Waals surface area contributed by atoms with Crippen molar-refractivity contribution in [2.45, 2.75) is 156 Å². The summed E-state index contributed by atoms with van der Waals surface area (Å²) >= 11 is 0. The summed E-state index contributed by atoms with van der Waals surface area (Å²) in [5, 5.41) is 0. The fourth-order valence-corrected chi connectivity index (χ4v) is 7.16. The van der Waals surface area contributed by atoms with Crippen molar-refractivity contribution in [2.75, 3.05) is 0 Å². The predicted molar refractivity (Wildman–Crippen MR) is 141 cm³/mol. The monoisotopic (exact) mass is 1450 g/mol. The molecule has 0 aromatic heterocycles. The number of rotatable bonds is 18. The maximum Gasteiger partial charge on any atom is 0.460 e. The minimum atomic E-state index is -14.3. The van der Waals surface area contributed by atoms with Crippen LogP contribution in [0.3, 0.4) is 0 Å². The molecule has 0 heterocycles. The van der Waals surface area contributed by atoms with Crippen LogP contribution in [-0.2, 0) is 4.74 Å². The summed E-state index contributed by atoms with van der Waals surface area (Å²) in [4.78, 5) is 0. The van der Waals surface area contributed by atoms with Gasteiger partial charge >= 0.3 is 145 Å². The van der Waals surface area contributed by atoms with Gasteiger partial charge in [0, 0.05) is 0 Å². The third-order valence-corrected chi connectivity index (χ3v) is 11.1. The summed E-state index contributed by atoms with van der Waals surface area (Å²) in [6, 6.07) is 0. The van der Waals surface area contributed by atoms with Crippen LogP contribution >= 0.6 is 0 Å². The molecule has 0 bridgehead atoms. The molecular formula is C28F58O. The number of hydrogen-bond acceptors (Lipinski definition) is 1. The van der Waals surface area contributed by atoms with Crippen molar-refractivity contribution in [2.24, 2.45) is 10.8 Å². The van der Waals surface area contributed by atoms with Crippen LogP contribution in [0, 0.1) is 10.8 Å². The average Bonchev–Trinajstić information content (AvgIpc) is 3.17. The molecule has 0 aliphatic heterocycles. The molecule has 1 nitrogen and oxygen atoms in total. The molecule has 0 saturated heterocycles. The average molecular weight is 1450 g/mol.